The number of benzene rings is 2. The lowest BCUT2D eigenvalue weighted by Crippen LogP contribution is -2.43. The minimum atomic E-state index is -0.940. The van der Waals surface area contributed by atoms with Crippen molar-refractivity contribution in [3.05, 3.63) is 58.6 Å². The summed E-state index contributed by atoms with van der Waals surface area (Å²) >= 11 is 5.98. The molecule has 0 spiro atoms. The van der Waals surface area contributed by atoms with E-state index in [1.165, 1.54) is 5.01 Å². The quantitative estimate of drug-likeness (QED) is 0.782. The van der Waals surface area contributed by atoms with Gasteiger partial charge in [-0.1, -0.05) is 40.6 Å². The summed E-state index contributed by atoms with van der Waals surface area (Å²) in [5, 5.41) is 12.3. The number of carbonyl (C=O) groups is 3. The molecule has 2 heterocycles. The molecule has 1 fully saturated rings. The van der Waals surface area contributed by atoms with E-state index in [1.807, 2.05) is 26.0 Å². The van der Waals surface area contributed by atoms with E-state index >= 15 is 0 Å². The Morgan fingerprint density at radius 1 is 1.10 bits per heavy atom. The third-order valence-electron chi connectivity index (χ3n) is 4.93. The second-order valence-corrected chi connectivity index (χ2v) is 7.48. The average molecular weight is 412 g/mol. The van der Waals surface area contributed by atoms with E-state index in [1.54, 1.807) is 30.3 Å². The van der Waals surface area contributed by atoms with Crippen molar-refractivity contribution in [1.82, 2.24) is 5.01 Å². The smallest absolute Gasteiger partial charge is 0.263 e. The first-order chi connectivity index (χ1) is 13.8. The van der Waals surface area contributed by atoms with E-state index in [-0.39, 0.29) is 12.5 Å². The standard InChI is InChI=1S/C20H18ClN5O3/c1-11-3-7-14(8-4-11)26-19(28)17-18(20(26)29)25(24-23-17)10-16(27)22-15-9-13(21)6-5-12(15)2/h3-9,17-18H,10H2,1-2H3,(H,22,27)/t17-,18-/m0/s1. The molecule has 4 rings (SSSR count). The monoisotopic (exact) mass is 411 g/mol. The molecule has 1 saturated heterocycles. The Balaban J connectivity index is 1.49. The predicted octanol–water partition coefficient (Wildman–Crippen LogP) is 2.89. The molecule has 1 N–H and O–H groups in total. The van der Waals surface area contributed by atoms with Crippen LogP contribution in [0.15, 0.2) is 52.8 Å². The first kappa shape index (κ1) is 19.1. The van der Waals surface area contributed by atoms with Gasteiger partial charge in [-0.3, -0.25) is 19.4 Å². The van der Waals surface area contributed by atoms with Crippen molar-refractivity contribution in [2.75, 3.05) is 16.8 Å². The van der Waals surface area contributed by atoms with Crippen LogP contribution < -0.4 is 10.2 Å². The highest BCUT2D eigenvalue weighted by Crippen LogP contribution is 2.32. The SMILES string of the molecule is Cc1ccc(N2C(=O)[C@H]3N=NN(CC(=O)Nc4cc(Cl)ccc4C)[C@@H]3C2=O)cc1. The van der Waals surface area contributed by atoms with Gasteiger partial charge in [0, 0.05) is 10.7 Å². The number of amides is 3. The van der Waals surface area contributed by atoms with Crippen molar-refractivity contribution in [2.24, 2.45) is 10.3 Å². The van der Waals surface area contributed by atoms with Gasteiger partial charge < -0.3 is 5.32 Å². The van der Waals surface area contributed by atoms with Gasteiger partial charge in [0.2, 0.25) is 5.91 Å². The average Bonchev–Trinajstić information content (AvgIpc) is 3.19. The molecule has 148 valence electrons. The Hall–Kier alpha value is -3.26. The lowest BCUT2D eigenvalue weighted by atomic mass is 10.1. The number of fused-ring (bicyclic) bond motifs is 1. The van der Waals surface area contributed by atoms with Crippen LogP contribution in [0.2, 0.25) is 5.02 Å². The fourth-order valence-electron chi connectivity index (χ4n) is 3.37. The molecule has 2 aromatic carbocycles. The van der Waals surface area contributed by atoms with Gasteiger partial charge >= 0.3 is 0 Å². The van der Waals surface area contributed by atoms with Gasteiger partial charge in [-0.25, -0.2) is 4.90 Å². The number of halogens is 1. The molecule has 3 amide bonds. The molecule has 9 heteroatoms. The lowest BCUT2D eigenvalue weighted by Gasteiger charge is -2.20. The van der Waals surface area contributed by atoms with Crippen LogP contribution in [0.25, 0.3) is 0 Å². The summed E-state index contributed by atoms with van der Waals surface area (Å²) < 4.78 is 0. The number of rotatable bonds is 4. The summed E-state index contributed by atoms with van der Waals surface area (Å²) in [5.41, 5.74) is 2.92. The van der Waals surface area contributed by atoms with Crippen LogP contribution in [0, 0.1) is 13.8 Å². The van der Waals surface area contributed by atoms with E-state index in [2.05, 4.69) is 15.7 Å². The molecular weight excluding hydrogens is 394 g/mol. The molecule has 0 aromatic heterocycles. The molecule has 0 aliphatic carbocycles. The highest BCUT2D eigenvalue weighted by molar-refractivity contribution is 6.31. The van der Waals surface area contributed by atoms with E-state index in [4.69, 9.17) is 11.6 Å². The second-order valence-electron chi connectivity index (χ2n) is 7.05. The molecule has 0 saturated carbocycles. The number of hydrogen-bond donors (Lipinski definition) is 1. The Morgan fingerprint density at radius 3 is 2.55 bits per heavy atom. The van der Waals surface area contributed by atoms with Crippen LogP contribution in [0.5, 0.6) is 0 Å². The van der Waals surface area contributed by atoms with Crippen molar-refractivity contribution in [3.63, 3.8) is 0 Å². The molecule has 8 nitrogen and oxygen atoms in total. The van der Waals surface area contributed by atoms with Gasteiger partial charge in [0.1, 0.15) is 6.54 Å². The van der Waals surface area contributed by atoms with Gasteiger partial charge in [-0.05, 0) is 43.7 Å². The van der Waals surface area contributed by atoms with E-state index in [9.17, 15) is 14.4 Å². The van der Waals surface area contributed by atoms with Crippen LogP contribution in [0.3, 0.4) is 0 Å². The van der Waals surface area contributed by atoms with Crippen molar-refractivity contribution in [1.29, 1.82) is 0 Å². The second kappa shape index (κ2) is 7.29. The van der Waals surface area contributed by atoms with Crippen LogP contribution in [0.1, 0.15) is 11.1 Å². The maximum atomic E-state index is 12.9. The van der Waals surface area contributed by atoms with Gasteiger partial charge in [0.25, 0.3) is 11.8 Å². The number of nitrogens with zero attached hydrogens (tertiary/aromatic N) is 4. The fourth-order valence-corrected chi connectivity index (χ4v) is 3.54. The van der Waals surface area contributed by atoms with E-state index in [0.717, 1.165) is 16.0 Å². The Kier molecular flexibility index (Phi) is 4.79. The lowest BCUT2D eigenvalue weighted by molar-refractivity contribution is -0.123. The fraction of sp³-hybridized carbons (Fsp3) is 0.250. The van der Waals surface area contributed by atoms with Gasteiger partial charge in [-0.15, -0.1) is 0 Å². The summed E-state index contributed by atoms with van der Waals surface area (Å²) in [6.07, 6.45) is 0. The van der Waals surface area contributed by atoms with Crippen LogP contribution >= 0.6 is 11.6 Å². The number of nitrogens with one attached hydrogen (secondary N) is 1. The van der Waals surface area contributed by atoms with Crippen LogP contribution in [-0.4, -0.2) is 41.4 Å². The highest BCUT2D eigenvalue weighted by atomic mass is 35.5. The van der Waals surface area contributed by atoms with Crippen molar-refractivity contribution < 1.29 is 14.4 Å². The molecular formula is C20H18ClN5O3. The summed E-state index contributed by atoms with van der Waals surface area (Å²) in [6, 6.07) is 10.4. The summed E-state index contributed by atoms with van der Waals surface area (Å²) in [4.78, 5) is 39.2. The molecule has 0 bridgehead atoms. The maximum absolute atomic E-state index is 12.9. The normalized spacial score (nSPS) is 20.4. The molecule has 2 atom stereocenters. The zero-order chi connectivity index (χ0) is 20.7. The first-order valence-electron chi connectivity index (χ1n) is 9.03. The largest absolute Gasteiger partial charge is 0.324 e. The Labute approximate surface area is 172 Å². The molecule has 29 heavy (non-hydrogen) atoms. The Bertz CT molecular complexity index is 1040. The van der Waals surface area contributed by atoms with Crippen molar-refractivity contribution in [3.8, 4) is 0 Å². The van der Waals surface area contributed by atoms with E-state index < -0.39 is 23.9 Å². The van der Waals surface area contributed by atoms with Gasteiger partial charge in [0.05, 0.1) is 5.69 Å². The molecule has 2 aliphatic heterocycles. The highest BCUT2D eigenvalue weighted by Gasteiger charge is 2.55. The number of aryl methyl sites for hydroxylation is 2. The minimum Gasteiger partial charge on any atom is -0.324 e. The number of anilines is 2. The van der Waals surface area contributed by atoms with Crippen LogP contribution in [0.4, 0.5) is 11.4 Å². The van der Waals surface area contributed by atoms with Crippen molar-refractivity contribution in [2.45, 2.75) is 25.9 Å². The summed E-state index contributed by atoms with van der Waals surface area (Å²) in [5.74, 6) is -1.27. The minimum absolute atomic E-state index is 0.211. The molecule has 2 aliphatic rings. The third kappa shape index (κ3) is 3.47. The topological polar surface area (TPSA) is 94.4 Å². The van der Waals surface area contributed by atoms with Crippen LogP contribution in [-0.2, 0) is 14.4 Å². The summed E-state index contributed by atoms with van der Waals surface area (Å²) in [7, 11) is 0. The van der Waals surface area contributed by atoms with Gasteiger partial charge in [-0.2, -0.15) is 5.11 Å². The molecule has 0 unspecified atom stereocenters. The summed E-state index contributed by atoms with van der Waals surface area (Å²) in [6.45, 7) is 3.55. The zero-order valence-electron chi connectivity index (χ0n) is 15.8. The maximum Gasteiger partial charge on any atom is 0.263 e. The predicted molar refractivity (Wildman–Crippen MR) is 108 cm³/mol. The number of imide groups is 1. The third-order valence-corrected chi connectivity index (χ3v) is 5.16. The Morgan fingerprint density at radius 2 is 1.83 bits per heavy atom. The van der Waals surface area contributed by atoms with E-state index in [0.29, 0.717) is 16.4 Å². The van der Waals surface area contributed by atoms with Crippen molar-refractivity contribution >= 4 is 40.7 Å². The molecule has 0 radical (unpaired) electrons. The first-order valence-corrected chi connectivity index (χ1v) is 9.41. The molecule has 2 aromatic rings. The zero-order valence-corrected chi connectivity index (χ0v) is 16.6. The number of hydrogen-bond acceptors (Lipinski definition) is 6. The van der Waals surface area contributed by atoms with Gasteiger partial charge in [0.15, 0.2) is 12.1 Å². The number of carbonyl (C=O) groups excluding carboxylic acids is 3.